The molecule has 0 atom stereocenters. The molecule has 0 saturated heterocycles. The number of hydrogen-bond donors (Lipinski definition) is 0. The van der Waals surface area contributed by atoms with E-state index >= 15 is 35.1 Å². The van der Waals surface area contributed by atoms with Gasteiger partial charge in [0.05, 0.1) is 0 Å². The van der Waals surface area contributed by atoms with E-state index < -0.39 is 144 Å². The van der Waals surface area contributed by atoms with E-state index in [1.54, 1.807) is 12.1 Å². The van der Waals surface area contributed by atoms with Crippen LogP contribution < -0.4 is 26.4 Å². The van der Waals surface area contributed by atoms with E-state index in [1.807, 2.05) is 59.3 Å². The smallest absolute Gasteiger partial charge is 0.227 e. The maximum absolute atomic E-state index is 15.4. The maximum atomic E-state index is 15.4. The molecule has 5 nitrogen and oxygen atoms in total. The molecule has 1 aromatic heterocycles. The van der Waals surface area contributed by atoms with Gasteiger partial charge in [-0.15, -0.1) is 21.9 Å². The zero-order valence-electron chi connectivity index (χ0n) is 32.6. The van der Waals surface area contributed by atoms with E-state index in [-0.39, 0.29) is 18.9 Å². The number of azide groups is 1. The lowest BCUT2D eigenvalue weighted by molar-refractivity contribution is -0.689. The number of nitrogens with zero attached hydrogens (tertiary/aromatic N) is 4. The van der Waals surface area contributed by atoms with Crippen LogP contribution in [0.4, 0.5) is 87.8 Å². The monoisotopic (exact) mass is 982 g/mol. The van der Waals surface area contributed by atoms with Gasteiger partial charge in [-0.25, -0.2) is 87.8 Å². The van der Waals surface area contributed by atoms with Crippen LogP contribution in [0.25, 0.3) is 21.2 Å². The summed E-state index contributed by atoms with van der Waals surface area (Å²) in [6.07, 6.45) is -5.35. The quantitative estimate of drug-likeness (QED) is 0.0164. The van der Waals surface area contributed by atoms with Crippen LogP contribution >= 0.6 is 0 Å². The highest BCUT2D eigenvalue weighted by Gasteiger charge is 2.52. The van der Waals surface area contributed by atoms with Crippen molar-refractivity contribution in [3.05, 3.63) is 205 Å². The molecule has 26 heteroatoms. The number of Topliss-reactive ketones (excluding diaryl/α,β-unsaturated/α-hetero) is 1. The molecule has 1 heterocycles. The molecule has 0 radical (unpaired) electrons. The Morgan fingerprint density at radius 2 is 0.750 bits per heavy atom. The van der Waals surface area contributed by atoms with Gasteiger partial charge in [-0.1, -0.05) is 53.6 Å². The molecule has 7 aromatic rings. The van der Waals surface area contributed by atoms with Crippen LogP contribution in [0.15, 0.2) is 72.0 Å². The van der Waals surface area contributed by atoms with Gasteiger partial charge in [0.2, 0.25) is 12.3 Å². The van der Waals surface area contributed by atoms with E-state index in [4.69, 9.17) is 5.53 Å². The number of rotatable bonds is 9. The molecule has 0 aliphatic carbocycles. The van der Waals surface area contributed by atoms with Gasteiger partial charge in [-0.05, 0) is 17.0 Å². The molecule has 0 aliphatic heterocycles. The Morgan fingerprint density at radius 1 is 0.441 bits per heavy atom. The Morgan fingerprint density at radius 3 is 1.09 bits per heavy atom. The summed E-state index contributed by atoms with van der Waals surface area (Å²) >= 11 is 0. The number of ketones is 1. The lowest BCUT2D eigenvalue weighted by Gasteiger charge is -2.44. The highest BCUT2D eigenvalue weighted by molar-refractivity contribution is 7.20. The molecule has 6 aromatic carbocycles. The standard InChI is InChI=1S/C24BF20.C18H15N4O/c26-5-1(6(27)14(35)21(42)13(5)34)25(2-7(28)15(36)22(43)16(37)8(2)29,3-9(30)17(38)23(44)18(39)10(3)31)4-11(32)19(40)24(45)20(41)12(4)33;19-21-20-12-17-16-9-5-4-6-14(16)10-11-22(17)13-18(23)15-7-2-1-3-8-15/h;1-11H,12-13H2/q-1;+1. The minimum Gasteiger partial charge on any atom is -0.287 e. The summed E-state index contributed by atoms with van der Waals surface area (Å²) in [6.45, 7) is 0.422. The summed E-state index contributed by atoms with van der Waals surface area (Å²) in [5.74, 6) is -71.4. The highest BCUT2D eigenvalue weighted by atomic mass is 19.2. The summed E-state index contributed by atoms with van der Waals surface area (Å²) in [5.41, 5.74) is -4.19. The van der Waals surface area contributed by atoms with E-state index in [0.717, 1.165) is 16.5 Å². The van der Waals surface area contributed by atoms with Crippen molar-refractivity contribution in [2.75, 3.05) is 0 Å². The Hall–Kier alpha value is -7.63. The maximum Gasteiger partial charge on any atom is 0.227 e. The second kappa shape index (κ2) is 18.9. The van der Waals surface area contributed by atoms with Crippen LogP contribution in [-0.2, 0) is 13.1 Å². The molecule has 352 valence electrons. The second-order valence-corrected chi connectivity index (χ2v) is 14.0. The first-order chi connectivity index (χ1) is 32.0. The Bertz CT molecular complexity index is 2900. The van der Waals surface area contributed by atoms with Crippen molar-refractivity contribution in [2.24, 2.45) is 5.11 Å². The van der Waals surface area contributed by atoms with Crippen LogP contribution in [0.2, 0.25) is 0 Å². The summed E-state index contributed by atoms with van der Waals surface area (Å²) in [6, 6.07) is 19.0. The number of carbonyl (C=O) groups excluding carboxylic acids is 1. The molecule has 0 bridgehead atoms. The number of aromatic nitrogens is 1. The fourth-order valence-corrected chi connectivity index (χ4v) is 7.49. The van der Waals surface area contributed by atoms with Gasteiger partial charge in [-0.2, -0.15) is 4.57 Å². The number of benzene rings is 6. The van der Waals surface area contributed by atoms with Crippen LogP contribution in [0, 0.1) is 116 Å². The number of pyridine rings is 1. The molecule has 68 heavy (non-hydrogen) atoms. The van der Waals surface area contributed by atoms with Crippen molar-refractivity contribution in [2.45, 2.75) is 13.1 Å². The number of fused-ring (bicyclic) bond motifs is 1. The Balaban J connectivity index is 0.000000276. The Labute approximate surface area is 364 Å². The van der Waals surface area contributed by atoms with Gasteiger partial charge in [0, 0.05) is 21.9 Å². The van der Waals surface area contributed by atoms with E-state index in [1.165, 1.54) is 0 Å². The first-order valence-corrected chi connectivity index (χ1v) is 18.2. The van der Waals surface area contributed by atoms with Crippen molar-refractivity contribution >= 4 is 44.6 Å². The first kappa shape index (κ1) is 49.8. The van der Waals surface area contributed by atoms with E-state index in [2.05, 4.69) is 10.0 Å². The van der Waals surface area contributed by atoms with Crippen molar-refractivity contribution in [1.29, 1.82) is 0 Å². The van der Waals surface area contributed by atoms with Crippen molar-refractivity contribution < 1.29 is 97.2 Å². The molecular weight excluding hydrogens is 967 g/mol. The van der Waals surface area contributed by atoms with Crippen molar-refractivity contribution in [1.82, 2.24) is 0 Å². The number of carbonyl (C=O) groups is 1. The predicted octanol–water partition coefficient (Wildman–Crippen LogP) is 9.67. The zero-order chi connectivity index (χ0) is 50.4. The minimum absolute atomic E-state index is 0.0214. The molecule has 0 spiro atoms. The lowest BCUT2D eigenvalue weighted by Crippen LogP contribution is -2.81. The minimum atomic E-state index is -7.22. The highest BCUT2D eigenvalue weighted by Crippen LogP contribution is 2.31. The topological polar surface area (TPSA) is 69.7 Å². The van der Waals surface area contributed by atoms with Crippen molar-refractivity contribution in [3.63, 3.8) is 0 Å². The largest absolute Gasteiger partial charge is 0.287 e. The average Bonchev–Trinajstić information content (AvgIpc) is 3.33. The molecule has 0 unspecified atom stereocenters. The zero-order valence-corrected chi connectivity index (χ0v) is 32.6. The molecule has 0 fully saturated rings. The third-order valence-electron chi connectivity index (χ3n) is 10.5. The molecule has 0 saturated carbocycles. The van der Waals surface area contributed by atoms with E-state index in [9.17, 15) is 57.5 Å². The average molecular weight is 982 g/mol. The molecular formula is C42H15BF20N4O. The predicted molar refractivity (Wildman–Crippen MR) is 197 cm³/mol. The van der Waals surface area contributed by atoms with Gasteiger partial charge in [-0.3, -0.25) is 4.79 Å². The normalized spacial score (nSPS) is 11.4. The molecule has 0 amide bonds. The van der Waals surface area contributed by atoms with Gasteiger partial charge in [0.25, 0.3) is 0 Å². The summed E-state index contributed by atoms with van der Waals surface area (Å²) in [5, 5.41) is 5.73. The molecule has 0 N–H and O–H groups in total. The SMILES string of the molecule is Fc1c(F)c(F)c([B-](c2c(F)c(F)c(F)c(F)c2F)(c2c(F)c(F)c(F)c(F)c2F)c2c(F)c(F)c(F)c(F)c2F)c(F)c1F.[N-]=[N+]=NCc1c2ccccc2cc[n+]1CC(=O)c1ccccc1. The second-order valence-electron chi connectivity index (χ2n) is 14.0. The first-order valence-electron chi connectivity index (χ1n) is 18.2. The summed E-state index contributed by atoms with van der Waals surface area (Å²) in [4.78, 5) is 15.3. The van der Waals surface area contributed by atoms with Gasteiger partial charge in [0.1, 0.15) is 59.2 Å². The third kappa shape index (κ3) is 7.86. The fraction of sp³-hybridized carbons (Fsp3) is 0.0476. The number of halogens is 20. The molecule has 7 rings (SSSR count). The van der Waals surface area contributed by atoms with E-state index in [0.29, 0.717) is 5.56 Å². The van der Waals surface area contributed by atoms with Crippen LogP contribution in [0.5, 0.6) is 0 Å². The Kier molecular flexibility index (Phi) is 13.9. The van der Waals surface area contributed by atoms with Gasteiger partial charge in [0.15, 0.2) is 81.7 Å². The van der Waals surface area contributed by atoms with Gasteiger partial charge >= 0.3 is 0 Å². The van der Waals surface area contributed by atoms with Crippen LogP contribution in [0.3, 0.4) is 0 Å². The number of hydrogen-bond acceptors (Lipinski definition) is 2. The third-order valence-corrected chi connectivity index (χ3v) is 10.5. The summed E-state index contributed by atoms with van der Waals surface area (Å²) in [7, 11) is 0. The van der Waals surface area contributed by atoms with Crippen molar-refractivity contribution in [3.8, 4) is 0 Å². The van der Waals surface area contributed by atoms with Gasteiger partial charge < -0.3 is 0 Å². The lowest BCUT2D eigenvalue weighted by atomic mass is 9.12. The summed E-state index contributed by atoms with van der Waals surface area (Å²) < 4.78 is 296. The molecule has 0 aliphatic rings. The fourth-order valence-electron chi connectivity index (χ4n) is 7.49. The van der Waals surface area contributed by atoms with Crippen LogP contribution in [0.1, 0.15) is 16.1 Å². The van der Waals surface area contributed by atoms with Crippen LogP contribution in [-0.4, -0.2) is 11.9 Å².